The van der Waals surface area contributed by atoms with Crippen molar-refractivity contribution in [1.29, 1.82) is 0 Å². The number of amides is 2. The van der Waals surface area contributed by atoms with E-state index in [-0.39, 0.29) is 24.1 Å². The highest BCUT2D eigenvalue weighted by molar-refractivity contribution is 5.94. The molecule has 2 N–H and O–H groups in total. The highest BCUT2D eigenvalue weighted by Crippen LogP contribution is 2.55. The lowest BCUT2D eigenvalue weighted by Crippen LogP contribution is -2.42. The lowest BCUT2D eigenvalue weighted by Gasteiger charge is -2.45. The molecule has 5 nitrogen and oxygen atoms in total. The summed E-state index contributed by atoms with van der Waals surface area (Å²) in [7, 11) is 0. The first-order valence-electron chi connectivity index (χ1n) is 9.98. The predicted octanol–water partition coefficient (Wildman–Crippen LogP) is 3.42. The third-order valence-corrected chi connectivity index (χ3v) is 6.14. The van der Waals surface area contributed by atoms with Crippen LogP contribution in [0.15, 0.2) is 71.3 Å². The zero-order valence-electron chi connectivity index (χ0n) is 15.9. The second-order valence-electron chi connectivity index (χ2n) is 7.75. The van der Waals surface area contributed by atoms with Gasteiger partial charge in [-0.05, 0) is 46.7 Å². The summed E-state index contributed by atoms with van der Waals surface area (Å²) >= 11 is 0. The normalized spacial score (nSPS) is 21.2. The summed E-state index contributed by atoms with van der Waals surface area (Å²) in [5.41, 5.74) is 5.61. The van der Waals surface area contributed by atoms with Crippen molar-refractivity contribution in [1.82, 2.24) is 10.6 Å². The number of rotatable bonds is 5. The molecule has 0 aliphatic heterocycles. The van der Waals surface area contributed by atoms with E-state index in [9.17, 15) is 9.59 Å². The molecule has 1 heterocycles. The van der Waals surface area contributed by atoms with Gasteiger partial charge in [0.05, 0.1) is 12.8 Å². The molecule has 0 fully saturated rings. The van der Waals surface area contributed by atoms with Gasteiger partial charge in [-0.2, -0.15) is 0 Å². The van der Waals surface area contributed by atoms with Crippen LogP contribution in [0.5, 0.6) is 0 Å². The molecule has 2 amide bonds. The fourth-order valence-electron chi connectivity index (χ4n) is 4.92. The SMILES string of the molecule is O=C(CNC(=O)c1ccco1)NCC1CC2c3ccccc3C1c1ccccc12. The van der Waals surface area contributed by atoms with Crippen LogP contribution in [0.2, 0.25) is 0 Å². The largest absolute Gasteiger partial charge is 0.459 e. The smallest absolute Gasteiger partial charge is 0.287 e. The summed E-state index contributed by atoms with van der Waals surface area (Å²) in [5.74, 6) is 0.654. The Morgan fingerprint density at radius 2 is 1.52 bits per heavy atom. The maximum absolute atomic E-state index is 12.3. The van der Waals surface area contributed by atoms with E-state index in [1.165, 1.54) is 28.5 Å². The van der Waals surface area contributed by atoms with E-state index < -0.39 is 0 Å². The standard InChI is InChI=1S/C24H22N2O3/c27-22(14-26-24(28)21-10-5-11-29-21)25-13-15-12-20-16-6-1-3-8-18(16)23(15)19-9-4-2-7-17(19)20/h1-11,15,20,23H,12-14H2,(H,25,27)(H,26,28). The second-order valence-corrected chi connectivity index (χ2v) is 7.75. The molecule has 1 atom stereocenters. The lowest BCUT2D eigenvalue weighted by molar-refractivity contribution is -0.120. The molecule has 2 aromatic carbocycles. The van der Waals surface area contributed by atoms with Gasteiger partial charge in [-0.25, -0.2) is 0 Å². The molecule has 0 spiro atoms. The Bertz CT molecular complexity index is 1010. The number of nitrogens with one attached hydrogen (secondary N) is 2. The number of carbonyl (C=O) groups is 2. The van der Waals surface area contributed by atoms with E-state index in [2.05, 4.69) is 59.2 Å². The molecule has 5 heteroatoms. The Morgan fingerprint density at radius 1 is 0.862 bits per heavy atom. The third-order valence-electron chi connectivity index (χ3n) is 6.14. The van der Waals surface area contributed by atoms with Crippen LogP contribution in [0.4, 0.5) is 0 Å². The van der Waals surface area contributed by atoms with Gasteiger partial charge >= 0.3 is 0 Å². The quantitative estimate of drug-likeness (QED) is 0.706. The number of hydrogen-bond donors (Lipinski definition) is 2. The Kier molecular flexibility index (Phi) is 4.43. The highest BCUT2D eigenvalue weighted by atomic mass is 16.3. The summed E-state index contributed by atoms with van der Waals surface area (Å²) in [6.45, 7) is 0.535. The van der Waals surface area contributed by atoms with Gasteiger partial charge in [0.25, 0.3) is 5.91 Å². The minimum absolute atomic E-state index is 0.0620. The summed E-state index contributed by atoms with van der Waals surface area (Å²) in [6, 6.07) is 20.6. The molecular weight excluding hydrogens is 364 g/mol. The Balaban J connectivity index is 1.27. The number of fused-ring (bicyclic) bond motifs is 1. The number of furan rings is 1. The van der Waals surface area contributed by atoms with Gasteiger partial charge in [0, 0.05) is 18.4 Å². The summed E-state index contributed by atoms with van der Waals surface area (Å²) in [5, 5.41) is 5.61. The molecule has 6 rings (SSSR count). The average molecular weight is 386 g/mol. The van der Waals surface area contributed by atoms with Crippen LogP contribution in [0.3, 0.4) is 0 Å². The van der Waals surface area contributed by atoms with Gasteiger partial charge in [0.1, 0.15) is 0 Å². The zero-order chi connectivity index (χ0) is 19.8. The molecule has 146 valence electrons. The van der Waals surface area contributed by atoms with Crippen molar-refractivity contribution < 1.29 is 14.0 Å². The molecule has 0 saturated heterocycles. The molecule has 2 bridgehead atoms. The van der Waals surface area contributed by atoms with E-state index in [4.69, 9.17) is 4.42 Å². The van der Waals surface area contributed by atoms with Crippen LogP contribution in [0.25, 0.3) is 0 Å². The van der Waals surface area contributed by atoms with E-state index in [0.717, 1.165) is 6.42 Å². The average Bonchev–Trinajstić information content (AvgIpc) is 3.31. The van der Waals surface area contributed by atoms with Gasteiger partial charge in [0.15, 0.2) is 5.76 Å². The zero-order valence-corrected chi connectivity index (χ0v) is 15.9. The fourth-order valence-corrected chi connectivity index (χ4v) is 4.92. The van der Waals surface area contributed by atoms with Gasteiger partial charge in [-0.1, -0.05) is 48.5 Å². The monoisotopic (exact) mass is 386 g/mol. The van der Waals surface area contributed by atoms with Crippen LogP contribution < -0.4 is 10.6 Å². The molecular formula is C24H22N2O3. The second kappa shape index (κ2) is 7.24. The maximum atomic E-state index is 12.3. The molecule has 0 radical (unpaired) electrons. The topological polar surface area (TPSA) is 71.3 Å². The predicted molar refractivity (Wildman–Crippen MR) is 109 cm³/mol. The molecule has 3 aliphatic carbocycles. The van der Waals surface area contributed by atoms with E-state index in [0.29, 0.717) is 24.3 Å². The van der Waals surface area contributed by atoms with Gasteiger partial charge in [-0.15, -0.1) is 0 Å². The molecule has 1 unspecified atom stereocenters. The molecule has 1 aromatic heterocycles. The maximum Gasteiger partial charge on any atom is 0.287 e. The number of benzene rings is 2. The summed E-state index contributed by atoms with van der Waals surface area (Å²) in [4.78, 5) is 24.2. The van der Waals surface area contributed by atoms with Crippen molar-refractivity contribution in [2.75, 3.05) is 13.1 Å². The van der Waals surface area contributed by atoms with E-state index in [1.807, 2.05) is 0 Å². The van der Waals surface area contributed by atoms with Crippen molar-refractivity contribution in [3.05, 3.63) is 94.9 Å². The van der Waals surface area contributed by atoms with Crippen molar-refractivity contribution in [3.8, 4) is 0 Å². The van der Waals surface area contributed by atoms with Crippen LogP contribution in [-0.2, 0) is 4.79 Å². The lowest BCUT2D eigenvalue weighted by atomic mass is 9.59. The van der Waals surface area contributed by atoms with E-state index in [1.54, 1.807) is 12.1 Å². The Hall–Kier alpha value is -3.34. The first-order valence-corrected chi connectivity index (χ1v) is 9.98. The van der Waals surface area contributed by atoms with Gasteiger partial charge < -0.3 is 15.1 Å². The van der Waals surface area contributed by atoms with Gasteiger partial charge in [0.2, 0.25) is 5.91 Å². The van der Waals surface area contributed by atoms with Crippen molar-refractivity contribution in [2.24, 2.45) is 5.92 Å². The van der Waals surface area contributed by atoms with Crippen LogP contribution in [0, 0.1) is 5.92 Å². The van der Waals surface area contributed by atoms with E-state index >= 15 is 0 Å². The first kappa shape index (κ1) is 17.7. The molecule has 29 heavy (non-hydrogen) atoms. The minimum atomic E-state index is -0.385. The number of carbonyl (C=O) groups excluding carboxylic acids is 2. The highest BCUT2D eigenvalue weighted by Gasteiger charge is 2.42. The first-order chi connectivity index (χ1) is 14.2. The van der Waals surface area contributed by atoms with Gasteiger partial charge in [-0.3, -0.25) is 9.59 Å². The fraction of sp³-hybridized carbons (Fsp3) is 0.250. The molecule has 3 aliphatic rings. The molecule has 0 saturated carbocycles. The summed E-state index contributed by atoms with van der Waals surface area (Å²) in [6.07, 6.45) is 2.46. The Labute approximate surface area is 169 Å². The summed E-state index contributed by atoms with van der Waals surface area (Å²) < 4.78 is 5.04. The van der Waals surface area contributed by atoms with Crippen LogP contribution >= 0.6 is 0 Å². The van der Waals surface area contributed by atoms with Crippen molar-refractivity contribution >= 4 is 11.8 Å². The third kappa shape index (κ3) is 3.12. The Morgan fingerprint density at radius 3 is 2.14 bits per heavy atom. The number of hydrogen-bond acceptors (Lipinski definition) is 3. The molecule has 3 aromatic rings. The van der Waals surface area contributed by atoms with Crippen LogP contribution in [0.1, 0.15) is 51.1 Å². The minimum Gasteiger partial charge on any atom is -0.459 e. The van der Waals surface area contributed by atoms with Crippen LogP contribution in [-0.4, -0.2) is 24.9 Å². The van der Waals surface area contributed by atoms with Crippen molar-refractivity contribution in [2.45, 2.75) is 18.3 Å². The van der Waals surface area contributed by atoms with Crippen molar-refractivity contribution in [3.63, 3.8) is 0 Å².